The minimum absolute atomic E-state index is 0.286. The van der Waals surface area contributed by atoms with Gasteiger partial charge in [0.05, 0.1) is 17.6 Å². The van der Waals surface area contributed by atoms with Crippen LogP contribution in [0.15, 0.2) is 53.4 Å². The Bertz CT molecular complexity index is 1010. The van der Waals surface area contributed by atoms with E-state index in [4.69, 9.17) is 0 Å². The van der Waals surface area contributed by atoms with Gasteiger partial charge in [0.2, 0.25) is 10.0 Å². The first kappa shape index (κ1) is 23.0. The number of sulfonamides is 1. The Labute approximate surface area is 183 Å². The van der Waals surface area contributed by atoms with Gasteiger partial charge in [-0.2, -0.15) is 4.31 Å². The third-order valence-corrected chi connectivity index (χ3v) is 7.28. The molecular formula is C23H28N2O5S. The summed E-state index contributed by atoms with van der Waals surface area (Å²) >= 11 is 0. The number of ether oxygens (including phenoxy) is 1. The highest BCUT2D eigenvalue weighted by Gasteiger charge is 2.24. The number of carbonyl (C=O) groups is 2. The van der Waals surface area contributed by atoms with E-state index >= 15 is 0 Å². The Hall–Kier alpha value is -2.71. The van der Waals surface area contributed by atoms with E-state index in [1.807, 2.05) is 0 Å². The maximum absolute atomic E-state index is 12.8. The molecule has 0 atom stereocenters. The number of nitrogens with one attached hydrogen (secondary N) is 1. The second-order valence-electron chi connectivity index (χ2n) is 7.54. The third kappa shape index (κ3) is 5.92. The fourth-order valence-electron chi connectivity index (χ4n) is 3.59. The molecule has 3 rings (SSSR count). The summed E-state index contributed by atoms with van der Waals surface area (Å²) in [4.78, 5) is 24.2. The fourth-order valence-corrected chi connectivity index (χ4v) is 5.10. The second-order valence-corrected chi connectivity index (χ2v) is 9.48. The second kappa shape index (κ2) is 10.5. The highest BCUT2D eigenvalue weighted by molar-refractivity contribution is 7.89. The van der Waals surface area contributed by atoms with E-state index in [1.165, 1.54) is 13.2 Å². The number of methoxy groups -OCH3 is 1. The summed E-state index contributed by atoms with van der Waals surface area (Å²) < 4.78 is 31.9. The zero-order valence-electron chi connectivity index (χ0n) is 17.7. The Morgan fingerprint density at radius 2 is 1.61 bits per heavy atom. The lowest BCUT2D eigenvalue weighted by Crippen LogP contribution is -2.31. The van der Waals surface area contributed by atoms with Crippen molar-refractivity contribution in [2.24, 2.45) is 0 Å². The van der Waals surface area contributed by atoms with Crippen molar-refractivity contribution in [3.63, 3.8) is 0 Å². The molecule has 0 spiro atoms. The van der Waals surface area contributed by atoms with E-state index in [2.05, 4.69) is 10.1 Å². The first-order chi connectivity index (χ1) is 14.9. The summed E-state index contributed by atoms with van der Waals surface area (Å²) in [6.07, 6.45) is 4.51. The molecule has 2 aromatic rings. The highest BCUT2D eigenvalue weighted by Crippen LogP contribution is 2.20. The number of amides is 1. The normalized spacial score (nSPS) is 15.1. The lowest BCUT2D eigenvalue weighted by molar-refractivity contribution is 0.0600. The minimum Gasteiger partial charge on any atom is -0.465 e. The number of hydrogen-bond acceptors (Lipinski definition) is 5. The molecule has 0 aromatic heterocycles. The predicted molar refractivity (Wildman–Crippen MR) is 117 cm³/mol. The summed E-state index contributed by atoms with van der Waals surface area (Å²) in [5.74, 6) is -0.781. The SMILES string of the molecule is COC(=O)c1cccc(C(=O)NCCc2ccc(S(=O)(=O)N3CCCCCC3)cc2)c1. The number of hydrogen-bond donors (Lipinski definition) is 1. The number of benzene rings is 2. The molecule has 0 aliphatic carbocycles. The Kier molecular flexibility index (Phi) is 7.81. The molecule has 0 radical (unpaired) electrons. The van der Waals surface area contributed by atoms with E-state index in [1.54, 1.807) is 46.8 Å². The molecule has 7 nitrogen and oxygen atoms in total. The Balaban J connectivity index is 1.56. The summed E-state index contributed by atoms with van der Waals surface area (Å²) in [5.41, 5.74) is 1.62. The molecule has 1 amide bonds. The summed E-state index contributed by atoms with van der Waals surface area (Å²) in [7, 11) is -2.17. The summed E-state index contributed by atoms with van der Waals surface area (Å²) in [5, 5.41) is 2.82. The number of rotatable bonds is 7. The maximum atomic E-state index is 12.8. The molecule has 2 aromatic carbocycles. The van der Waals surface area contributed by atoms with Crippen molar-refractivity contribution in [1.82, 2.24) is 9.62 Å². The first-order valence-corrected chi connectivity index (χ1v) is 11.9. The van der Waals surface area contributed by atoms with Crippen LogP contribution in [0.3, 0.4) is 0 Å². The van der Waals surface area contributed by atoms with Gasteiger partial charge in [-0.15, -0.1) is 0 Å². The van der Waals surface area contributed by atoms with Gasteiger partial charge in [-0.1, -0.05) is 31.0 Å². The van der Waals surface area contributed by atoms with Gasteiger partial charge in [-0.25, -0.2) is 13.2 Å². The highest BCUT2D eigenvalue weighted by atomic mass is 32.2. The van der Waals surface area contributed by atoms with Crippen molar-refractivity contribution in [1.29, 1.82) is 0 Å². The van der Waals surface area contributed by atoms with Crippen LogP contribution in [-0.4, -0.2) is 51.3 Å². The van der Waals surface area contributed by atoms with Gasteiger partial charge in [0.1, 0.15) is 0 Å². The van der Waals surface area contributed by atoms with E-state index in [9.17, 15) is 18.0 Å². The number of esters is 1. The lowest BCUT2D eigenvalue weighted by atomic mass is 10.1. The van der Waals surface area contributed by atoms with Gasteiger partial charge in [-0.3, -0.25) is 4.79 Å². The molecule has 0 bridgehead atoms. The molecule has 166 valence electrons. The van der Waals surface area contributed by atoms with Gasteiger partial charge < -0.3 is 10.1 Å². The molecule has 1 heterocycles. The number of carbonyl (C=O) groups excluding carboxylic acids is 2. The van der Waals surface area contributed by atoms with Crippen LogP contribution in [0.5, 0.6) is 0 Å². The van der Waals surface area contributed by atoms with Crippen LogP contribution in [-0.2, 0) is 21.2 Å². The van der Waals surface area contributed by atoms with Crippen LogP contribution in [0.2, 0.25) is 0 Å². The van der Waals surface area contributed by atoms with Crippen LogP contribution in [0.4, 0.5) is 0 Å². The van der Waals surface area contributed by atoms with Gasteiger partial charge in [0.25, 0.3) is 5.91 Å². The Morgan fingerprint density at radius 3 is 2.26 bits per heavy atom. The molecule has 1 saturated heterocycles. The zero-order chi connectivity index (χ0) is 22.3. The maximum Gasteiger partial charge on any atom is 0.337 e. The fraction of sp³-hybridized carbons (Fsp3) is 0.391. The topological polar surface area (TPSA) is 92.8 Å². The first-order valence-electron chi connectivity index (χ1n) is 10.5. The average molecular weight is 445 g/mol. The van der Waals surface area contributed by atoms with Gasteiger partial charge in [0.15, 0.2) is 0 Å². The van der Waals surface area contributed by atoms with Crippen LogP contribution in [0.25, 0.3) is 0 Å². The molecule has 8 heteroatoms. The van der Waals surface area contributed by atoms with E-state index in [0.29, 0.717) is 42.1 Å². The molecule has 1 aliphatic rings. The molecule has 0 saturated carbocycles. The lowest BCUT2D eigenvalue weighted by Gasteiger charge is -2.20. The van der Waals surface area contributed by atoms with Crippen LogP contribution in [0.1, 0.15) is 52.0 Å². The Morgan fingerprint density at radius 1 is 0.968 bits per heavy atom. The van der Waals surface area contributed by atoms with Gasteiger partial charge in [-0.05, 0) is 55.2 Å². The van der Waals surface area contributed by atoms with Crippen LogP contribution >= 0.6 is 0 Å². The van der Waals surface area contributed by atoms with Crippen LogP contribution in [0, 0.1) is 0 Å². The molecule has 1 fully saturated rings. The minimum atomic E-state index is -3.46. The monoisotopic (exact) mass is 444 g/mol. The van der Waals surface area contributed by atoms with Crippen molar-refractivity contribution in [2.75, 3.05) is 26.7 Å². The standard InChI is InChI=1S/C23H28N2O5S/c1-30-23(27)20-8-6-7-19(17-20)22(26)24-14-13-18-9-11-21(12-10-18)31(28,29)25-15-4-2-3-5-16-25/h6-12,17H,2-5,13-16H2,1H3,(H,24,26). The van der Waals surface area contributed by atoms with Crippen molar-refractivity contribution in [3.8, 4) is 0 Å². The summed E-state index contributed by atoms with van der Waals surface area (Å²) in [6, 6.07) is 13.2. The average Bonchev–Trinajstić information content (AvgIpc) is 3.09. The molecule has 1 aliphatic heterocycles. The molecule has 1 N–H and O–H groups in total. The predicted octanol–water partition coefficient (Wildman–Crippen LogP) is 3.01. The molecule has 0 unspecified atom stereocenters. The van der Waals surface area contributed by atoms with Crippen molar-refractivity contribution >= 4 is 21.9 Å². The molecule has 31 heavy (non-hydrogen) atoms. The van der Waals surface area contributed by atoms with Gasteiger partial charge in [0, 0.05) is 25.2 Å². The summed E-state index contributed by atoms with van der Waals surface area (Å²) in [6.45, 7) is 1.54. The van der Waals surface area contributed by atoms with Crippen LogP contribution < -0.4 is 5.32 Å². The largest absolute Gasteiger partial charge is 0.465 e. The van der Waals surface area contributed by atoms with E-state index in [0.717, 1.165) is 31.2 Å². The number of nitrogens with zero attached hydrogens (tertiary/aromatic N) is 1. The van der Waals surface area contributed by atoms with Crippen molar-refractivity contribution < 1.29 is 22.7 Å². The van der Waals surface area contributed by atoms with Gasteiger partial charge >= 0.3 is 5.97 Å². The van der Waals surface area contributed by atoms with Crippen molar-refractivity contribution in [2.45, 2.75) is 37.0 Å². The van der Waals surface area contributed by atoms with E-state index in [-0.39, 0.29) is 5.91 Å². The smallest absolute Gasteiger partial charge is 0.337 e. The third-order valence-electron chi connectivity index (χ3n) is 5.37. The zero-order valence-corrected chi connectivity index (χ0v) is 18.5. The van der Waals surface area contributed by atoms with Crippen molar-refractivity contribution in [3.05, 3.63) is 65.2 Å². The van der Waals surface area contributed by atoms with E-state index < -0.39 is 16.0 Å². The molecular weight excluding hydrogens is 416 g/mol. The quantitative estimate of drug-likeness (QED) is 0.663.